The van der Waals surface area contributed by atoms with Gasteiger partial charge < -0.3 is 10.4 Å². The molecule has 1 aromatic carbocycles. The number of anilines is 1. The lowest BCUT2D eigenvalue weighted by atomic mass is 10.0. The van der Waals surface area contributed by atoms with Crippen LogP contribution < -0.4 is 10.2 Å². The smallest absolute Gasteiger partial charge is 0.321 e. The molecule has 5 nitrogen and oxygen atoms in total. The molecule has 98 valence electrons. The van der Waals surface area contributed by atoms with Crippen LogP contribution >= 0.6 is 0 Å². The van der Waals surface area contributed by atoms with Gasteiger partial charge in [-0.15, -0.1) is 0 Å². The largest absolute Gasteiger partial charge is 0.481 e. The molecule has 0 radical (unpaired) electrons. The van der Waals surface area contributed by atoms with Crippen LogP contribution in [0.3, 0.4) is 0 Å². The summed E-state index contributed by atoms with van der Waals surface area (Å²) in [5.41, 5.74) is 0.755. The molecule has 0 saturated carbocycles. The molecule has 0 aliphatic carbocycles. The van der Waals surface area contributed by atoms with Gasteiger partial charge in [0.05, 0.1) is 5.92 Å². The molecule has 0 fully saturated rings. The first-order valence-electron chi connectivity index (χ1n) is 5.75. The minimum atomic E-state index is -0.926. The van der Waals surface area contributed by atoms with Crippen molar-refractivity contribution in [2.75, 3.05) is 11.9 Å². The van der Waals surface area contributed by atoms with Crippen molar-refractivity contribution in [1.82, 2.24) is 5.32 Å². The van der Waals surface area contributed by atoms with Gasteiger partial charge in [-0.25, -0.2) is 4.79 Å². The molecule has 1 aromatic rings. The highest BCUT2D eigenvalue weighted by Crippen LogP contribution is 2.11. The predicted octanol–water partition coefficient (Wildman–Crippen LogP) is 1.94. The van der Waals surface area contributed by atoms with Crippen LogP contribution in [0.5, 0.6) is 0 Å². The Labute approximate surface area is 106 Å². The van der Waals surface area contributed by atoms with E-state index in [-0.39, 0.29) is 6.03 Å². The second-order valence-corrected chi connectivity index (χ2v) is 4.26. The normalized spacial score (nSPS) is 13.5. The molecule has 0 bridgehead atoms. The van der Waals surface area contributed by atoms with Gasteiger partial charge in [-0.2, -0.15) is 0 Å². The lowest BCUT2D eigenvalue weighted by molar-refractivity contribution is -0.141. The molecule has 1 rings (SSSR count). The van der Waals surface area contributed by atoms with Crippen molar-refractivity contribution < 1.29 is 14.7 Å². The van der Waals surface area contributed by atoms with Crippen LogP contribution in [-0.2, 0) is 4.79 Å². The van der Waals surface area contributed by atoms with E-state index in [1.807, 2.05) is 30.3 Å². The first-order chi connectivity index (χ1) is 8.43. The van der Waals surface area contributed by atoms with Gasteiger partial charge in [0.25, 0.3) is 0 Å². The van der Waals surface area contributed by atoms with E-state index in [4.69, 9.17) is 5.11 Å². The van der Waals surface area contributed by atoms with Gasteiger partial charge in [0.1, 0.15) is 0 Å². The highest BCUT2D eigenvalue weighted by atomic mass is 16.4. The number of hydrogen-bond acceptors (Lipinski definition) is 2. The molecule has 2 N–H and O–H groups in total. The number of nitrogens with zero attached hydrogens (tertiary/aromatic N) is 1. The van der Waals surface area contributed by atoms with E-state index in [0.29, 0.717) is 0 Å². The third-order valence-corrected chi connectivity index (χ3v) is 2.94. The molecule has 2 amide bonds. The van der Waals surface area contributed by atoms with Gasteiger partial charge in [-0.1, -0.05) is 18.2 Å². The van der Waals surface area contributed by atoms with E-state index < -0.39 is 17.9 Å². The first kappa shape index (κ1) is 14.0. The quantitative estimate of drug-likeness (QED) is 0.858. The number of para-hydroxylation sites is 1. The monoisotopic (exact) mass is 250 g/mol. The Morgan fingerprint density at radius 3 is 2.28 bits per heavy atom. The van der Waals surface area contributed by atoms with Crippen LogP contribution in [0.1, 0.15) is 13.8 Å². The number of nitrogens with one attached hydrogen (secondary N) is 1. The molecular weight excluding hydrogens is 232 g/mol. The van der Waals surface area contributed by atoms with Crippen LogP contribution in [0, 0.1) is 5.92 Å². The molecule has 2 atom stereocenters. The molecule has 0 aromatic heterocycles. The highest BCUT2D eigenvalue weighted by molar-refractivity contribution is 5.91. The average molecular weight is 250 g/mol. The van der Waals surface area contributed by atoms with Crippen molar-refractivity contribution in [2.45, 2.75) is 19.9 Å². The summed E-state index contributed by atoms with van der Waals surface area (Å²) in [7, 11) is 1.64. The van der Waals surface area contributed by atoms with E-state index in [1.165, 1.54) is 4.90 Å². The van der Waals surface area contributed by atoms with E-state index in [2.05, 4.69) is 5.32 Å². The number of carbonyl (C=O) groups is 2. The Morgan fingerprint density at radius 1 is 1.22 bits per heavy atom. The fourth-order valence-corrected chi connectivity index (χ4v) is 1.40. The van der Waals surface area contributed by atoms with Crippen molar-refractivity contribution in [2.24, 2.45) is 5.92 Å². The molecule has 0 spiro atoms. The van der Waals surface area contributed by atoms with Gasteiger partial charge in [-0.3, -0.25) is 9.69 Å². The number of hydrogen-bond donors (Lipinski definition) is 2. The summed E-state index contributed by atoms with van der Waals surface area (Å²) in [5, 5.41) is 11.5. The zero-order valence-corrected chi connectivity index (χ0v) is 10.8. The second-order valence-electron chi connectivity index (χ2n) is 4.26. The summed E-state index contributed by atoms with van der Waals surface area (Å²) in [5.74, 6) is -1.55. The van der Waals surface area contributed by atoms with Gasteiger partial charge in [-0.05, 0) is 26.0 Å². The Balaban J connectivity index is 2.63. The molecule has 5 heteroatoms. The summed E-state index contributed by atoms with van der Waals surface area (Å²) in [6, 6.07) is 8.41. The zero-order chi connectivity index (χ0) is 13.7. The molecule has 0 saturated heterocycles. The fraction of sp³-hybridized carbons (Fsp3) is 0.385. The lowest BCUT2D eigenvalue weighted by Crippen LogP contribution is -2.46. The number of carboxylic acid groups (broad SMARTS) is 1. The number of benzene rings is 1. The number of aliphatic carboxylic acids is 1. The second kappa shape index (κ2) is 6.05. The van der Waals surface area contributed by atoms with Gasteiger partial charge >= 0.3 is 12.0 Å². The number of rotatable bonds is 4. The molecule has 2 unspecified atom stereocenters. The first-order valence-corrected chi connectivity index (χ1v) is 5.75. The minimum absolute atomic E-state index is 0.318. The van der Waals surface area contributed by atoms with Gasteiger partial charge in [0, 0.05) is 18.8 Å². The maximum Gasteiger partial charge on any atom is 0.321 e. The Bertz CT molecular complexity index is 420. The fourth-order valence-electron chi connectivity index (χ4n) is 1.40. The van der Waals surface area contributed by atoms with Crippen LogP contribution in [0.15, 0.2) is 30.3 Å². The molecule has 0 aliphatic heterocycles. The highest BCUT2D eigenvalue weighted by Gasteiger charge is 2.22. The SMILES string of the molecule is CC(NC(=O)N(C)c1ccccc1)C(C)C(=O)O. The number of amides is 2. The summed E-state index contributed by atoms with van der Waals surface area (Å²) in [4.78, 5) is 24.1. The summed E-state index contributed by atoms with van der Waals surface area (Å²) in [6.07, 6.45) is 0. The number of carbonyl (C=O) groups excluding carboxylic acids is 1. The van der Waals surface area contributed by atoms with Gasteiger partial charge in [0.2, 0.25) is 0 Å². The van der Waals surface area contributed by atoms with Crippen molar-refractivity contribution in [3.63, 3.8) is 0 Å². The molecular formula is C13H18N2O3. The van der Waals surface area contributed by atoms with Crippen molar-refractivity contribution >= 4 is 17.7 Å². The molecule has 0 aliphatic rings. The van der Waals surface area contributed by atoms with E-state index in [0.717, 1.165) is 5.69 Å². The summed E-state index contributed by atoms with van der Waals surface area (Å²) < 4.78 is 0. The van der Waals surface area contributed by atoms with Crippen molar-refractivity contribution in [3.05, 3.63) is 30.3 Å². The zero-order valence-electron chi connectivity index (χ0n) is 10.8. The van der Waals surface area contributed by atoms with E-state index >= 15 is 0 Å². The van der Waals surface area contributed by atoms with Crippen LogP contribution in [0.25, 0.3) is 0 Å². The Hall–Kier alpha value is -2.04. The Kier molecular flexibility index (Phi) is 4.71. The third-order valence-electron chi connectivity index (χ3n) is 2.94. The van der Waals surface area contributed by atoms with Crippen molar-refractivity contribution in [3.8, 4) is 0 Å². The summed E-state index contributed by atoms with van der Waals surface area (Å²) >= 11 is 0. The van der Waals surface area contributed by atoms with Crippen molar-refractivity contribution in [1.29, 1.82) is 0 Å². The van der Waals surface area contributed by atoms with E-state index in [1.54, 1.807) is 20.9 Å². The van der Waals surface area contributed by atoms with Crippen LogP contribution in [0.4, 0.5) is 10.5 Å². The number of carboxylic acids is 1. The molecule has 0 heterocycles. The maximum absolute atomic E-state index is 11.9. The molecule has 18 heavy (non-hydrogen) atoms. The third kappa shape index (κ3) is 3.48. The lowest BCUT2D eigenvalue weighted by Gasteiger charge is -2.23. The van der Waals surface area contributed by atoms with E-state index in [9.17, 15) is 9.59 Å². The van der Waals surface area contributed by atoms with Gasteiger partial charge in [0.15, 0.2) is 0 Å². The number of urea groups is 1. The topological polar surface area (TPSA) is 69.6 Å². The Morgan fingerprint density at radius 2 is 1.78 bits per heavy atom. The standard InChI is InChI=1S/C13H18N2O3/c1-9(12(16)17)10(2)14-13(18)15(3)11-7-5-4-6-8-11/h4-10H,1-3H3,(H,14,18)(H,16,17). The van der Waals surface area contributed by atoms with Crippen LogP contribution in [-0.4, -0.2) is 30.2 Å². The minimum Gasteiger partial charge on any atom is -0.481 e. The van der Waals surface area contributed by atoms with Crippen LogP contribution in [0.2, 0.25) is 0 Å². The summed E-state index contributed by atoms with van der Waals surface area (Å²) in [6.45, 7) is 3.24. The average Bonchev–Trinajstić information content (AvgIpc) is 2.37. The maximum atomic E-state index is 11.9. The predicted molar refractivity (Wildman–Crippen MR) is 69.6 cm³/mol.